The van der Waals surface area contributed by atoms with Crippen molar-refractivity contribution in [1.29, 1.82) is 0 Å². The number of hydrogen-bond acceptors (Lipinski definition) is 4. The van der Waals surface area contributed by atoms with Crippen LogP contribution < -0.4 is 0 Å². The van der Waals surface area contributed by atoms with Gasteiger partial charge in [0.25, 0.3) is 0 Å². The van der Waals surface area contributed by atoms with Crippen molar-refractivity contribution in [2.75, 3.05) is 52.6 Å². The molecule has 2 aromatic carbocycles. The molecule has 2 saturated heterocycles. The van der Waals surface area contributed by atoms with E-state index in [0.29, 0.717) is 12.1 Å². The predicted octanol–water partition coefficient (Wildman–Crippen LogP) is 5.70. The Kier molecular flexibility index (Phi) is 9.36. The Morgan fingerprint density at radius 2 is 0.939 bits per heavy atom. The minimum atomic E-state index is 0.515. The topological polar surface area (TPSA) is 24.9 Å². The number of ether oxygens (including phenoxy) is 2. The average Bonchev–Trinajstić information content (AvgIpc) is 2.86. The first kappa shape index (κ1) is 24.4. The van der Waals surface area contributed by atoms with Crippen LogP contribution in [0.2, 0.25) is 0 Å². The zero-order valence-corrected chi connectivity index (χ0v) is 20.7. The van der Waals surface area contributed by atoms with Crippen LogP contribution in [-0.2, 0) is 9.47 Å². The van der Waals surface area contributed by atoms with Gasteiger partial charge in [-0.25, -0.2) is 0 Å². The van der Waals surface area contributed by atoms with Crippen molar-refractivity contribution in [2.45, 2.75) is 58.0 Å². The maximum atomic E-state index is 5.63. The molecule has 2 aliphatic heterocycles. The van der Waals surface area contributed by atoms with E-state index in [1.54, 1.807) is 0 Å². The zero-order valence-electron chi connectivity index (χ0n) is 20.7. The fourth-order valence-electron chi connectivity index (χ4n) is 5.33. The van der Waals surface area contributed by atoms with Crippen LogP contribution in [0.4, 0.5) is 0 Å². The van der Waals surface area contributed by atoms with Gasteiger partial charge in [0, 0.05) is 38.3 Å². The number of benzene rings is 2. The van der Waals surface area contributed by atoms with Gasteiger partial charge in [-0.3, -0.25) is 9.80 Å². The highest BCUT2D eigenvalue weighted by Crippen LogP contribution is 2.31. The second-order valence-electron chi connectivity index (χ2n) is 9.79. The van der Waals surface area contributed by atoms with Gasteiger partial charge in [0.15, 0.2) is 0 Å². The average molecular weight is 451 g/mol. The molecule has 2 unspecified atom stereocenters. The van der Waals surface area contributed by atoms with Crippen LogP contribution >= 0.6 is 0 Å². The molecule has 0 radical (unpaired) electrons. The maximum absolute atomic E-state index is 5.63. The van der Waals surface area contributed by atoms with Crippen LogP contribution in [0.1, 0.15) is 66.4 Å². The first-order valence-electron chi connectivity index (χ1n) is 13.0. The first-order valence-corrected chi connectivity index (χ1v) is 13.0. The highest BCUT2D eigenvalue weighted by Gasteiger charge is 2.24. The molecule has 180 valence electrons. The van der Waals surface area contributed by atoms with Gasteiger partial charge in [-0.1, -0.05) is 78.9 Å². The van der Waals surface area contributed by atoms with E-state index < -0.39 is 0 Å². The summed E-state index contributed by atoms with van der Waals surface area (Å²) in [4.78, 5) is 5.27. The van der Waals surface area contributed by atoms with E-state index in [1.807, 2.05) is 0 Å². The van der Waals surface area contributed by atoms with Crippen molar-refractivity contribution in [3.63, 3.8) is 0 Å². The normalized spacial score (nSPS) is 19.9. The van der Waals surface area contributed by atoms with Gasteiger partial charge >= 0.3 is 0 Å². The number of rotatable bonds is 10. The summed E-state index contributed by atoms with van der Waals surface area (Å²) in [6, 6.07) is 19.4. The van der Waals surface area contributed by atoms with Crippen LogP contribution in [0.5, 0.6) is 0 Å². The fraction of sp³-hybridized carbons (Fsp3) is 0.586. The highest BCUT2D eigenvalue weighted by atomic mass is 16.5. The van der Waals surface area contributed by atoms with Crippen LogP contribution in [0.15, 0.2) is 48.5 Å². The Bertz CT molecular complexity index is 739. The monoisotopic (exact) mass is 450 g/mol. The van der Waals surface area contributed by atoms with Crippen molar-refractivity contribution in [1.82, 2.24) is 9.80 Å². The molecule has 0 N–H and O–H groups in total. The van der Waals surface area contributed by atoms with Crippen molar-refractivity contribution >= 4 is 0 Å². The SMILES string of the molecule is Cc1ccc(C(CCCCCC(c2ccc(C)cc2)N2CCOCC2)N2CCOCC2)cc1. The van der Waals surface area contributed by atoms with E-state index in [4.69, 9.17) is 9.47 Å². The summed E-state index contributed by atoms with van der Waals surface area (Å²) in [6.45, 7) is 12.0. The number of nitrogens with zero attached hydrogens (tertiary/aromatic N) is 2. The van der Waals surface area contributed by atoms with E-state index in [1.165, 1.54) is 54.4 Å². The van der Waals surface area contributed by atoms with Crippen LogP contribution in [-0.4, -0.2) is 62.4 Å². The van der Waals surface area contributed by atoms with E-state index in [-0.39, 0.29) is 0 Å². The van der Waals surface area contributed by atoms with Crippen LogP contribution in [0, 0.1) is 13.8 Å². The molecule has 0 aliphatic carbocycles. The van der Waals surface area contributed by atoms with E-state index in [2.05, 4.69) is 72.2 Å². The lowest BCUT2D eigenvalue weighted by atomic mass is 9.94. The molecule has 2 fully saturated rings. The second-order valence-corrected chi connectivity index (χ2v) is 9.79. The summed E-state index contributed by atoms with van der Waals surface area (Å²) < 4.78 is 11.3. The molecule has 33 heavy (non-hydrogen) atoms. The highest BCUT2D eigenvalue weighted by molar-refractivity contribution is 5.25. The summed E-state index contributed by atoms with van der Waals surface area (Å²) in [5.74, 6) is 0. The molecule has 0 amide bonds. The minimum absolute atomic E-state index is 0.515. The molecule has 4 heteroatoms. The number of aryl methyl sites for hydroxylation is 2. The van der Waals surface area contributed by atoms with Crippen LogP contribution in [0.3, 0.4) is 0 Å². The second kappa shape index (κ2) is 12.7. The van der Waals surface area contributed by atoms with E-state index in [9.17, 15) is 0 Å². The van der Waals surface area contributed by atoms with Crippen molar-refractivity contribution in [2.24, 2.45) is 0 Å². The summed E-state index contributed by atoms with van der Waals surface area (Å²) in [5.41, 5.74) is 5.61. The summed E-state index contributed by atoms with van der Waals surface area (Å²) in [5, 5.41) is 0. The van der Waals surface area contributed by atoms with Gasteiger partial charge in [-0.2, -0.15) is 0 Å². The fourth-order valence-corrected chi connectivity index (χ4v) is 5.33. The number of morpholine rings is 2. The van der Waals surface area contributed by atoms with Gasteiger partial charge < -0.3 is 9.47 Å². The smallest absolute Gasteiger partial charge is 0.0594 e. The van der Waals surface area contributed by atoms with Gasteiger partial charge in [-0.05, 0) is 37.8 Å². The molecule has 2 aromatic rings. The standard InChI is InChI=1S/C29H42N2O2/c1-24-8-12-26(13-9-24)28(30-16-20-32-21-17-30)6-4-3-5-7-29(31-18-22-33-23-19-31)27-14-10-25(2)11-15-27/h8-15,28-29H,3-7,16-23H2,1-2H3. The minimum Gasteiger partial charge on any atom is -0.379 e. The van der Waals surface area contributed by atoms with Gasteiger partial charge in [-0.15, -0.1) is 0 Å². The molecule has 4 nitrogen and oxygen atoms in total. The van der Waals surface area contributed by atoms with Gasteiger partial charge in [0.2, 0.25) is 0 Å². The van der Waals surface area contributed by atoms with Crippen molar-refractivity contribution in [3.8, 4) is 0 Å². The third kappa shape index (κ3) is 7.13. The van der Waals surface area contributed by atoms with Crippen LogP contribution in [0.25, 0.3) is 0 Å². The lowest BCUT2D eigenvalue weighted by Crippen LogP contribution is -2.39. The largest absolute Gasteiger partial charge is 0.379 e. The maximum Gasteiger partial charge on any atom is 0.0594 e. The Morgan fingerprint density at radius 3 is 1.30 bits per heavy atom. The van der Waals surface area contributed by atoms with E-state index in [0.717, 1.165) is 52.6 Å². The molecule has 0 saturated carbocycles. The van der Waals surface area contributed by atoms with Gasteiger partial charge in [0.05, 0.1) is 26.4 Å². The van der Waals surface area contributed by atoms with Crippen molar-refractivity contribution < 1.29 is 9.47 Å². The van der Waals surface area contributed by atoms with Crippen molar-refractivity contribution in [3.05, 3.63) is 70.8 Å². The van der Waals surface area contributed by atoms with Gasteiger partial charge in [0.1, 0.15) is 0 Å². The number of unbranched alkanes of at least 4 members (excludes halogenated alkanes) is 2. The Hall–Kier alpha value is -1.72. The lowest BCUT2D eigenvalue weighted by molar-refractivity contribution is 0.0121. The molecule has 0 aromatic heterocycles. The van der Waals surface area contributed by atoms with E-state index >= 15 is 0 Å². The molecular weight excluding hydrogens is 408 g/mol. The molecule has 2 heterocycles. The predicted molar refractivity (Wildman–Crippen MR) is 136 cm³/mol. The third-order valence-electron chi connectivity index (χ3n) is 7.35. The summed E-state index contributed by atoms with van der Waals surface area (Å²) in [6.07, 6.45) is 6.31. The summed E-state index contributed by atoms with van der Waals surface area (Å²) in [7, 11) is 0. The molecular formula is C29H42N2O2. The molecule has 0 spiro atoms. The molecule has 2 aliphatic rings. The third-order valence-corrected chi connectivity index (χ3v) is 7.35. The molecule has 2 atom stereocenters. The molecule has 4 rings (SSSR count). The Labute approximate surface area is 200 Å². The lowest BCUT2D eigenvalue weighted by Gasteiger charge is -2.35. The summed E-state index contributed by atoms with van der Waals surface area (Å²) >= 11 is 0. The first-order chi connectivity index (χ1) is 16.2. The Balaban J connectivity index is 1.32. The quantitative estimate of drug-likeness (QED) is 0.434. The molecule has 0 bridgehead atoms. The number of hydrogen-bond donors (Lipinski definition) is 0. The zero-order chi connectivity index (χ0) is 22.9. The Morgan fingerprint density at radius 1 is 0.576 bits per heavy atom.